The lowest BCUT2D eigenvalue weighted by Crippen LogP contribution is -1.98. The molecular formula is C10H14N2. The second kappa shape index (κ2) is 2.41. The van der Waals surface area contributed by atoms with Crippen molar-refractivity contribution in [2.75, 3.05) is 11.5 Å². The Balaban J connectivity index is 2.38. The minimum Gasteiger partial charge on any atom is -0.397 e. The van der Waals surface area contributed by atoms with E-state index in [-0.39, 0.29) is 0 Å². The third-order valence-corrected chi connectivity index (χ3v) is 2.68. The summed E-state index contributed by atoms with van der Waals surface area (Å²) in [4.78, 5) is 0. The molecule has 0 bridgehead atoms. The van der Waals surface area contributed by atoms with Crippen molar-refractivity contribution >= 4 is 11.4 Å². The molecule has 1 aliphatic carbocycles. The van der Waals surface area contributed by atoms with E-state index in [2.05, 4.69) is 13.0 Å². The summed E-state index contributed by atoms with van der Waals surface area (Å²) in [5, 5.41) is 0. The fraction of sp³-hybridized carbons (Fsp3) is 0.400. The first-order valence-electron chi connectivity index (χ1n) is 4.34. The van der Waals surface area contributed by atoms with Crippen molar-refractivity contribution in [1.29, 1.82) is 0 Å². The van der Waals surface area contributed by atoms with Gasteiger partial charge in [0.15, 0.2) is 0 Å². The molecule has 0 spiro atoms. The predicted molar refractivity (Wildman–Crippen MR) is 51.8 cm³/mol. The van der Waals surface area contributed by atoms with E-state index in [0.29, 0.717) is 11.6 Å². The molecule has 2 atom stereocenters. The molecule has 0 heterocycles. The Bertz CT molecular complexity index is 307. The first-order chi connectivity index (χ1) is 5.70. The average molecular weight is 162 g/mol. The van der Waals surface area contributed by atoms with E-state index in [4.69, 9.17) is 11.5 Å². The van der Waals surface area contributed by atoms with Gasteiger partial charge >= 0.3 is 0 Å². The van der Waals surface area contributed by atoms with Crippen molar-refractivity contribution in [2.24, 2.45) is 5.92 Å². The highest BCUT2D eigenvalue weighted by Gasteiger charge is 2.35. The predicted octanol–water partition coefficient (Wildman–Crippen LogP) is 1.97. The van der Waals surface area contributed by atoms with Gasteiger partial charge in [0, 0.05) is 0 Å². The van der Waals surface area contributed by atoms with Crippen LogP contribution in [0.15, 0.2) is 18.2 Å². The van der Waals surface area contributed by atoms with E-state index < -0.39 is 0 Å². The maximum atomic E-state index is 5.86. The summed E-state index contributed by atoms with van der Waals surface area (Å²) in [5.74, 6) is 1.45. The van der Waals surface area contributed by atoms with Crippen LogP contribution < -0.4 is 11.5 Å². The Labute approximate surface area is 72.6 Å². The Kier molecular flexibility index (Phi) is 1.50. The van der Waals surface area contributed by atoms with Gasteiger partial charge in [0.2, 0.25) is 0 Å². The molecule has 0 aliphatic heterocycles. The number of para-hydroxylation sites is 1. The molecule has 1 aromatic rings. The molecule has 12 heavy (non-hydrogen) atoms. The van der Waals surface area contributed by atoms with Gasteiger partial charge in [0.1, 0.15) is 0 Å². The van der Waals surface area contributed by atoms with Crippen LogP contribution >= 0.6 is 0 Å². The van der Waals surface area contributed by atoms with E-state index in [9.17, 15) is 0 Å². The number of nitrogens with two attached hydrogens (primary N) is 2. The molecule has 1 aliphatic rings. The largest absolute Gasteiger partial charge is 0.397 e. The highest BCUT2D eigenvalue weighted by Crippen LogP contribution is 2.49. The Morgan fingerprint density at radius 2 is 2.00 bits per heavy atom. The summed E-state index contributed by atoms with van der Waals surface area (Å²) in [6.45, 7) is 2.24. The number of nitrogen functional groups attached to an aromatic ring is 2. The molecule has 0 amide bonds. The van der Waals surface area contributed by atoms with Gasteiger partial charge in [-0.15, -0.1) is 0 Å². The molecule has 2 rings (SSSR count). The lowest BCUT2D eigenvalue weighted by Gasteiger charge is -2.06. The minimum atomic E-state index is 0.661. The lowest BCUT2D eigenvalue weighted by atomic mass is 10.1. The highest BCUT2D eigenvalue weighted by molar-refractivity contribution is 5.68. The zero-order valence-electron chi connectivity index (χ0n) is 7.25. The normalized spacial score (nSPS) is 27.1. The summed E-state index contributed by atoms with van der Waals surface area (Å²) in [5.41, 5.74) is 14.3. The van der Waals surface area contributed by atoms with Gasteiger partial charge in [-0.1, -0.05) is 19.1 Å². The van der Waals surface area contributed by atoms with E-state index in [1.54, 1.807) is 0 Å². The van der Waals surface area contributed by atoms with Crippen LogP contribution in [0.2, 0.25) is 0 Å². The highest BCUT2D eigenvalue weighted by atomic mass is 14.7. The fourth-order valence-corrected chi connectivity index (χ4v) is 1.68. The van der Waals surface area contributed by atoms with E-state index in [1.165, 1.54) is 12.0 Å². The average Bonchev–Trinajstić information content (AvgIpc) is 2.73. The van der Waals surface area contributed by atoms with Crippen LogP contribution in [0.25, 0.3) is 0 Å². The number of benzene rings is 1. The SMILES string of the molecule is CC1CC1c1cccc(N)c1N. The van der Waals surface area contributed by atoms with Crippen LogP contribution in [-0.2, 0) is 0 Å². The van der Waals surface area contributed by atoms with Gasteiger partial charge in [-0.2, -0.15) is 0 Å². The van der Waals surface area contributed by atoms with Crippen molar-refractivity contribution in [3.63, 3.8) is 0 Å². The summed E-state index contributed by atoms with van der Waals surface area (Å²) in [6, 6.07) is 5.91. The maximum Gasteiger partial charge on any atom is 0.0583 e. The summed E-state index contributed by atoms with van der Waals surface area (Å²) in [6.07, 6.45) is 1.26. The van der Waals surface area contributed by atoms with E-state index in [1.807, 2.05) is 12.1 Å². The van der Waals surface area contributed by atoms with E-state index >= 15 is 0 Å². The summed E-state index contributed by atoms with van der Waals surface area (Å²) < 4.78 is 0. The molecule has 64 valence electrons. The third-order valence-electron chi connectivity index (χ3n) is 2.68. The molecule has 1 saturated carbocycles. The minimum absolute atomic E-state index is 0.661. The molecule has 0 aromatic heterocycles. The first-order valence-corrected chi connectivity index (χ1v) is 4.34. The van der Waals surface area contributed by atoms with Crippen molar-refractivity contribution in [2.45, 2.75) is 19.3 Å². The fourth-order valence-electron chi connectivity index (χ4n) is 1.68. The molecule has 2 nitrogen and oxygen atoms in total. The molecule has 2 heteroatoms. The van der Waals surface area contributed by atoms with Crippen molar-refractivity contribution in [3.8, 4) is 0 Å². The number of hydrogen-bond donors (Lipinski definition) is 2. The molecule has 2 unspecified atom stereocenters. The quantitative estimate of drug-likeness (QED) is 0.620. The van der Waals surface area contributed by atoms with Gasteiger partial charge < -0.3 is 11.5 Å². The second-order valence-corrected chi connectivity index (χ2v) is 3.67. The molecule has 0 radical (unpaired) electrons. The van der Waals surface area contributed by atoms with Crippen LogP contribution in [0.4, 0.5) is 11.4 Å². The Morgan fingerprint density at radius 1 is 1.33 bits per heavy atom. The first kappa shape index (κ1) is 7.47. The molecular weight excluding hydrogens is 148 g/mol. The molecule has 1 aromatic carbocycles. The third kappa shape index (κ3) is 1.04. The second-order valence-electron chi connectivity index (χ2n) is 3.67. The van der Waals surface area contributed by atoms with E-state index in [0.717, 1.165) is 11.6 Å². The van der Waals surface area contributed by atoms with Gasteiger partial charge in [0.05, 0.1) is 11.4 Å². The van der Waals surface area contributed by atoms with Crippen molar-refractivity contribution in [3.05, 3.63) is 23.8 Å². The number of anilines is 2. The van der Waals surface area contributed by atoms with Crippen molar-refractivity contribution < 1.29 is 0 Å². The van der Waals surface area contributed by atoms with Crippen LogP contribution in [0, 0.1) is 5.92 Å². The molecule has 0 saturated heterocycles. The molecule has 4 N–H and O–H groups in total. The van der Waals surface area contributed by atoms with Gasteiger partial charge in [-0.25, -0.2) is 0 Å². The number of rotatable bonds is 1. The number of hydrogen-bond acceptors (Lipinski definition) is 2. The summed E-state index contributed by atoms with van der Waals surface area (Å²) >= 11 is 0. The smallest absolute Gasteiger partial charge is 0.0583 e. The monoisotopic (exact) mass is 162 g/mol. The van der Waals surface area contributed by atoms with Gasteiger partial charge in [-0.3, -0.25) is 0 Å². The van der Waals surface area contributed by atoms with Crippen LogP contribution in [-0.4, -0.2) is 0 Å². The lowest BCUT2D eigenvalue weighted by molar-refractivity contribution is 0.916. The zero-order chi connectivity index (χ0) is 8.72. The van der Waals surface area contributed by atoms with Crippen LogP contribution in [0.1, 0.15) is 24.8 Å². The van der Waals surface area contributed by atoms with Crippen LogP contribution in [0.3, 0.4) is 0 Å². The topological polar surface area (TPSA) is 52.0 Å². The van der Waals surface area contributed by atoms with Gasteiger partial charge in [0.25, 0.3) is 0 Å². The Hall–Kier alpha value is -1.18. The van der Waals surface area contributed by atoms with Gasteiger partial charge in [-0.05, 0) is 29.9 Å². The zero-order valence-corrected chi connectivity index (χ0v) is 7.25. The van der Waals surface area contributed by atoms with Crippen molar-refractivity contribution in [1.82, 2.24) is 0 Å². The molecule has 1 fully saturated rings. The maximum absolute atomic E-state index is 5.86. The standard InChI is InChI=1S/C10H14N2/c1-6-5-8(6)7-3-2-4-9(11)10(7)12/h2-4,6,8H,5,11-12H2,1H3. The summed E-state index contributed by atoms with van der Waals surface area (Å²) in [7, 11) is 0. The van der Waals surface area contributed by atoms with Crippen LogP contribution in [0.5, 0.6) is 0 Å². The Morgan fingerprint density at radius 3 is 2.58 bits per heavy atom.